The fourth-order valence-corrected chi connectivity index (χ4v) is 2.54. The number of carbonyl (C=O) groups is 1. The average Bonchev–Trinajstić information content (AvgIpc) is 2.54. The van der Waals surface area contributed by atoms with Crippen LogP contribution in [0.4, 0.5) is 5.82 Å². The smallest absolute Gasteiger partial charge is 0.259 e. The summed E-state index contributed by atoms with van der Waals surface area (Å²) in [5.41, 5.74) is 2.95. The Labute approximate surface area is 144 Å². The van der Waals surface area contributed by atoms with E-state index in [9.17, 15) is 4.79 Å². The second kappa shape index (κ2) is 6.76. The van der Waals surface area contributed by atoms with Gasteiger partial charge in [-0.1, -0.05) is 23.7 Å². The normalized spacial score (nSPS) is 10.5. The molecule has 0 unspecified atom stereocenters. The molecule has 2 aromatic heterocycles. The Bertz CT molecular complexity index is 874. The molecule has 0 fully saturated rings. The molecule has 5 nitrogen and oxygen atoms in total. The lowest BCUT2D eigenvalue weighted by Gasteiger charge is -2.07. The maximum Gasteiger partial charge on any atom is 0.259 e. The van der Waals surface area contributed by atoms with E-state index in [2.05, 4.69) is 20.3 Å². The number of aromatic nitrogens is 3. The van der Waals surface area contributed by atoms with Crippen LogP contribution in [-0.2, 0) is 0 Å². The molecular weight excluding hydrogens is 324 g/mol. The van der Waals surface area contributed by atoms with Crippen molar-refractivity contribution in [3.8, 4) is 11.4 Å². The van der Waals surface area contributed by atoms with Crippen molar-refractivity contribution in [1.82, 2.24) is 15.0 Å². The molecule has 0 aliphatic carbocycles. The van der Waals surface area contributed by atoms with Gasteiger partial charge in [0.1, 0.15) is 5.82 Å². The summed E-state index contributed by atoms with van der Waals surface area (Å²) in [6.07, 6.45) is 2.95. The lowest BCUT2D eigenvalue weighted by atomic mass is 10.2. The standard InChI is InChI=1S/C18H15ClN4O/c1-11-7-12(2)22-16(8-11)23-18(24)13-9-20-17(21-10-13)14-5-3-4-6-15(14)19/h3-10H,1-2H3,(H,22,23,24). The van der Waals surface area contributed by atoms with E-state index in [1.165, 1.54) is 12.4 Å². The minimum atomic E-state index is -0.307. The predicted molar refractivity (Wildman–Crippen MR) is 94.1 cm³/mol. The number of nitrogens with one attached hydrogen (secondary N) is 1. The molecular formula is C18H15ClN4O. The van der Waals surface area contributed by atoms with Gasteiger partial charge in [-0.05, 0) is 43.7 Å². The van der Waals surface area contributed by atoms with Gasteiger partial charge >= 0.3 is 0 Å². The highest BCUT2D eigenvalue weighted by Gasteiger charge is 2.11. The van der Waals surface area contributed by atoms with E-state index in [0.29, 0.717) is 22.2 Å². The Morgan fingerprint density at radius 3 is 2.46 bits per heavy atom. The van der Waals surface area contributed by atoms with Crippen LogP contribution in [0.15, 0.2) is 48.8 Å². The molecule has 1 aromatic carbocycles. The first-order valence-electron chi connectivity index (χ1n) is 7.36. The van der Waals surface area contributed by atoms with E-state index in [4.69, 9.17) is 11.6 Å². The molecule has 0 radical (unpaired) electrons. The van der Waals surface area contributed by atoms with Gasteiger partial charge in [0.15, 0.2) is 5.82 Å². The van der Waals surface area contributed by atoms with Crippen LogP contribution in [0.25, 0.3) is 11.4 Å². The van der Waals surface area contributed by atoms with Gasteiger partial charge < -0.3 is 5.32 Å². The molecule has 6 heteroatoms. The monoisotopic (exact) mass is 338 g/mol. The summed E-state index contributed by atoms with van der Waals surface area (Å²) in [5, 5.41) is 3.32. The van der Waals surface area contributed by atoms with E-state index in [0.717, 1.165) is 16.8 Å². The van der Waals surface area contributed by atoms with Gasteiger partial charge in [-0.15, -0.1) is 0 Å². The van der Waals surface area contributed by atoms with Crippen LogP contribution < -0.4 is 5.32 Å². The molecule has 0 spiro atoms. The van der Waals surface area contributed by atoms with Crippen molar-refractivity contribution >= 4 is 23.3 Å². The second-order valence-corrected chi connectivity index (χ2v) is 5.81. The van der Waals surface area contributed by atoms with Gasteiger partial charge in [0.05, 0.1) is 10.6 Å². The minimum Gasteiger partial charge on any atom is -0.306 e. The van der Waals surface area contributed by atoms with Crippen LogP contribution in [0.1, 0.15) is 21.6 Å². The molecule has 0 saturated heterocycles. The Morgan fingerprint density at radius 2 is 1.79 bits per heavy atom. The number of hydrogen-bond acceptors (Lipinski definition) is 4. The number of pyridine rings is 1. The van der Waals surface area contributed by atoms with E-state index in [1.54, 1.807) is 6.07 Å². The first-order valence-corrected chi connectivity index (χ1v) is 7.74. The third-order valence-electron chi connectivity index (χ3n) is 3.37. The summed E-state index contributed by atoms with van der Waals surface area (Å²) in [6.45, 7) is 3.83. The summed E-state index contributed by atoms with van der Waals surface area (Å²) < 4.78 is 0. The van der Waals surface area contributed by atoms with E-state index < -0.39 is 0 Å². The average molecular weight is 339 g/mol. The highest BCUT2D eigenvalue weighted by Crippen LogP contribution is 2.24. The van der Waals surface area contributed by atoms with Gasteiger partial charge in [0.2, 0.25) is 0 Å². The quantitative estimate of drug-likeness (QED) is 0.782. The molecule has 24 heavy (non-hydrogen) atoms. The number of benzene rings is 1. The van der Waals surface area contributed by atoms with Crippen LogP contribution >= 0.6 is 11.6 Å². The van der Waals surface area contributed by atoms with Gasteiger partial charge in [-0.3, -0.25) is 4.79 Å². The fraction of sp³-hybridized carbons (Fsp3) is 0.111. The summed E-state index contributed by atoms with van der Waals surface area (Å²) in [6, 6.07) is 11.0. The molecule has 0 aliphatic rings. The zero-order chi connectivity index (χ0) is 17.1. The van der Waals surface area contributed by atoms with Crippen molar-refractivity contribution in [2.45, 2.75) is 13.8 Å². The molecule has 0 bridgehead atoms. The Hall–Kier alpha value is -2.79. The van der Waals surface area contributed by atoms with Crippen LogP contribution in [-0.4, -0.2) is 20.9 Å². The van der Waals surface area contributed by atoms with E-state index in [-0.39, 0.29) is 5.91 Å². The minimum absolute atomic E-state index is 0.307. The largest absolute Gasteiger partial charge is 0.306 e. The third kappa shape index (κ3) is 3.58. The maximum absolute atomic E-state index is 12.3. The molecule has 0 atom stereocenters. The Balaban J connectivity index is 1.80. The molecule has 1 N–H and O–H groups in total. The SMILES string of the molecule is Cc1cc(C)nc(NC(=O)c2cnc(-c3ccccc3Cl)nc2)c1. The summed E-state index contributed by atoms with van der Waals surface area (Å²) >= 11 is 6.13. The highest BCUT2D eigenvalue weighted by atomic mass is 35.5. The zero-order valence-electron chi connectivity index (χ0n) is 13.2. The lowest BCUT2D eigenvalue weighted by molar-refractivity contribution is 0.102. The number of halogens is 1. The number of amides is 1. The number of rotatable bonds is 3. The summed E-state index contributed by atoms with van der Waals surface area (Å²) in [7, 11) is 0. The topological polar surface area (TPSA) is 67.8 Å². The number of carbonyl (C=O) groups excluding carboxylic acids is 1. The van der Waals surface area contributed by atoms with Gasteiger partial charge in [0.25, 0.3) is 5.91 Å². The van der Waals surface area contributed by atoms with Gasteiger partial charge in [0, 0.05) is 23.7 Å². The molecule has 0 saturated carbocycles. The highest BCUT2D eigenvalue weighted by molar-refractivity contribution is 6.33. The fourth-order valence-electron chi connectivity index (χ4n) is 2.32. The first-order chi connectivity index (χ1) is 11.5. The number of nitrogens with zero attached hydrogens (tertiary/aromatic N) is 3. The molecule has 0 aliphatic heterocycles. The zero-order valence-corrected chi connectivity index (χ0v) is 14.0. The lowest BCUT2D eigenvalue weighted by Crippen LogP contribution is -2.14. The number of aryl methyl sites for hydroxylation is 2. The summed E-state index contributed by atoms with van der Waals surface area (Å²) in [4.78, 5) is 25.0. The van der Waals surface area contributed by atoms with Crippen LogP contribution in [0, 0.1) is 13.8 Å². The van der Waals surface area contributed by atoms with Crippen molar-refractivity contribution in [3.63, 3.8) is 0 Å². The Kier molecular flexibility index (Phi) is 4.53. The van der Waals surface area contributed by atoms with Crippen molar-refractivity contribution < 1.29 is 4.79 Å². The molecule has 3 rings (SSSR count). The van der Waals surface area contributed by atoms with E-state index >= 15 is 0 Å². The van der Waals surface area contributed by atoms with Crippen molar-refractivity contribution in [2.75, 3.05) is 5.32 Å². The number of hydrogen-bond donors (Lipinski definition) is 1. The molecule has 3 aromatic rings. The van der Waals surface area contributed by atoms with Crippen molar-refractivity contribution in [2.24, 2.45) is 0 Å². The molecule has 120 valence electrons. The maximum atomic E-state index is 12.3. The number of anilines is 1. The van der Waals surface area contributed by atoms with Crippen LogP contribution in [0.3, 0.4) is 0 Å². The van der Waals surface area contributed by atoms with Crippen LogP contribution in [0.5, 0.6) is 0 Å². The van der Waals surface area contributed by atoms with Crippen molar-refractivity contribution in [3.05, 3.63) is 70.6 Å². The molecule has 2 heterocycles. The molecule has 1 amide bonds. The Morgan fingerprint density at radius 1 is 1.08 bits per heavy atom. The summed E-state index contributed by atoms with van der Waals surface area (Å²) in [5.74, 6) is 0.674. The van der Waals surface area contributed by atoms with Gasteiger partial charge in [-0.25, -0.2) is 15.0 Å². The van der Waals surface area contributed by atoms with E-state index in [1.807, 2.05) is 44.2 Å². The third-order valence-corrected chi connectivity index (χ3v) is 3.70. The van der Waals surface area contributed by atoms with Gasteiger partial charge in [-0.2, -0.15) is 0 Å². The van der Waals surface area contributed by atoms with Crippen LogP contribution in [0.2, 0.25) is 5.02 Å². The second-order valence-electron chi connectivity index (χ2n) is 5.40. The van der Waals surface area contributed by atoms with Crippen molar-refractivity contribution in [1.29, 1.82) is 0 Å². The first kappa shape index (κ1) is 16.1. The predicted octanol–water partition coefficient (Wildman–Crippen LogP) is 4.06.